The molecule has 1 aromatic carbocycles. The standard InChI is InChI=1S/C17H17N3O2S/c1-10-3-6-13-12(8-15(21)22-14(13)7-10)9-23-17-19-18-16(20(17)2)11-4-5-11/h3,6-8,11H,4-5,9H2,1-2H3. The van der Waals surface area contributed by atoms with Gasteiger partial charge in [0.25, 0.3) is 0 Å². The molecule has 1 aliphatic carbocycles. The van der Waals surface area contributed by atoms with Gasteiger partial charge in [0.05, 0.1) is 0 Å². The van der Waals surface area contributed by atoms with Crippen LogP contribution in [0.1, 0.15) is 35.7 Å². The van der Waals surface area contributed by atoms with E-state index in [0.717, 1.165) is 27.5 Å². The monoisotopic (exact) mass is 327 g/mol. The van der Waals surface area contributed by atoms with Gasteiger partial charge in [-0.05, 0) is 37.0 Å². The maximum atomic E-state index is 11.8. The first-order valence-electron chi connectivity index (χ1n) is 7.67. The summed E-state index contributed by atoms with van der Waals surface area (Å²) in [6.07, 6.45) is 2.42. The van der Waals surface area contributed by atoms with E-state index in [1.54, 1.807) is 17.8 Å². The summed E-state index contributed by atoms with van der Waals surface area (Å²) in [6.45, 7) is 1.99. The number of benzene rings is 1. The van der Waals surface area contributed by atoms with Crippen LogP contribution in [0.2, 0.25) is 0 Å². The third kappa shape index (κ3) is 2.79. The van der Waals surface area contributed by atoms with Crippen LogP contribution in [0.15, 0.2) is 38.6 Å². The first-order valence-corrected chi connectivity index (χ1v) is 8.66. The minimum Gasteiger partial charge on any atom is -0.423 e. The fourth-order valence-corrected chi connectivity index (χ4v) is 3.66. The third-order valence-electron chi connectivity index (χ3n) is 4.15. The molecule has 2 heterocycles. The summed E-state index contributed by atoms with van der Waals surface area (Å²) in [5.74, 6) is 2.32. The lowest BCUT2D eigenvalue weighted by Gasteiger charge is -2.06. The van der Waals surface area contributed by atoms with Crippen molar-refractivity contribution in [3.8, 4) is 0 Å². The van der Waals surface area contributed by atoms with Crippen LogP contribution in [-0.2, 0) is 12.8 Å². The average molecular weight is 327 g/mol. The van der Waals surface area contributed by atoms with Crippen LogP contribution < -0.4 is 5.63 Å². The molecule has 0 bridgehead atoms. The molecule has 6 heteroatoms. The summed E-state index contributed by atoms with van der Waals surface area (Å²) in [6, 6.07) is 7.51. The van der Waals surface area contributed by atoms with Crippen molar-refractivity contribution in [2.24, 2.45) is 7.05 Å². The smallest absolute Gasteiger partial charge is 0.336 e. The number of rotatable bonds is 4. The maximum Gasteiger partial charge on any atom is 0.336 e. The van der Waals surface area contributed by atoms with Crippen LogP contribution in [0.25, 0.3) is 11.0 Å². The number of thioether (sulfide) groups is 1. The second-order valence-electron chi connectivity index (χ2n) is 6.05. The van der Waals surface area contributed by atoms with Gasteiger partial charge in [-0.1, -0.05) is 23.9 Å². The largest absolute Gasteiger partial charge is 0.423 e. The zero-order valence-electron chi connectivity index (χ0n) is 13.1. The Morgan fingerprint density at radius 1 is 1.30 bits per heavy atom. The van der Waals surface area contributed by atoms with Gasteiger partial charge in [-0.3, -0.25) is 0 Å². The fourth-order valence-electron chi connectivity index (χ4n) is 2.75. The first kappa shape index (κ1) is 14.5. The molecule has 1 saturated carbocycles. The molecule has 5 nitrogen and oxygen atoms in total. The van der Waals surface area contributed by atoms with Crippen molar-refractivity contribution in [1.82, 2.24) is 14.8 Å². The van der Waals surface area contributed by atoms with E-state index in [1.165, 1.54) is 12.8 Å². The maximum absolute atomic E-state index is 11.8. The predicted octanol–water partition coefficient (Wildman–Crippen LogP) is 3.40. The Morgan fingerprint density at radius 2 is 2.13 bits per heavy atom. The molecule has 118 valence electrons. The van der Waals surface area contributed by atoms with Crippen LogP contribution in [0, 0.1) is 6.92 Å². The first-order chi connectivity index (χ1) is 11.1. The summed E-state index contributed by atoms with van der Waals surface area (Å²) in [5, 5.41) is 10.4. The second-order valence-corrected chi connectivity index (χ2v) is 7.00. The molecule has 1 aliphatic rings. The SMILES string of the molecule is Cc1ccc2c(CSc3nnc(C4CC4)n3C)cc(=O)oc2c1. The van der Waals surface area contributed by atoms with Crippen molar-refractivity contribution in [1.29, 1.82) is 0 Å². The molecule has 0 radical (unpaired) electrons. The van der Waals surface area contributed by atoms with Gasteiger partial charge in [-0.2, -0.15) is 0 Å². The van der Waals surface area contributed by atoms with Gasteiger partial charge in [-0.15, -0.1) is 10.2 Å². The fraction of sp³-hybridized carbons (Fsp3) is 0.353. The zero-order chi connectivity index (χ0) is 16.0. The molecule has 0 N–H and O–H groups in total. The van der Waals surface area contributed by atoms with E-state index in [0.29, 0.717) is 17.3 Å². The molecule has 0 aliphatic heterocycles. The highest BCUT2D eigenvalue weighted by molar-refractivity contribution is 7.98. The van der Waals surface area contributed by atoms with Crippen LogP contribution >= 0.6 is 11.8 Å². The molecule has 0 saturated heterocycles. The van der Waals surface area contributed by atoms with Gasteiger partial charge < -0.3 is 8.98 Å². The molecule has 3 aromatic rings. The molecule has 0 amide bonds. The van der Waals surface area contributed by atoms with Gasteiger partial charge in [-0.25, -0.2) is 4.79 Å². The molecular weight excluding hydrogens is 310 g/mol. The molecular formula is C17H17N3O2S. The van der Waals surface area contributed by atoms with Crippen molar-refractivity contribution in [3.63, 3.8) is 0 Å². The molecule has 1 fully saturated rings. The van der Waals surface area contributed by atoms with E-state index in [1.807, 2.05) is 32.2 Å². The summed E-state index contributed by atoms with van der Waals surface area (Å²) < 4.78 is 7.37. The molecule has 0 unspecified atom stereocenters. The lowest BCUT2D eigenvalue weighted by Crippen LogP contribution is -2.01. The van der Waals surface area contributed by atoms with Gasteiger partial charge in [0.1, 0.15) is 11.4 Å². The number of hydrogen-bond acceptors (Lipinski definition) is 5. The highest BCUT2D eigenvalue weighted by Gasteiger charge is 2.29. The van der Waals surface area contributed by atoms with E-state index in [-0.39, 0.29) is 5.63 Å². The van der Waals surface area contributed by atoms with E-state index in [9.17, 15) is 4.79 Å². The summed E-state index contributed by atoms with van der Waals surface area (Å²) in [7, 11) is 2.01. The summed E-state index contributed by atoms with van der Waals surface area (Å²) >= 11 is 1.60. The summed E-state index contributed by atoms with van der Waals surface area (Å²) in [5.41, 5.74) is 2.38. The molecule has 0 spiro atoms. The number of nitrogens with zero attached hydrogens (tertiary/aromatic N) is 3. The predicted molar refractivity (Wildman–Crippen MR) is 89.8 cm³/mol. The highest BCUT2D eigenvalue weighted by Crippen LogP contribution is 2.39. The lowest BCUT2D eigenvalue weighted by molar-refractivity contribution is 0.559. The molecule has 4 rings (SSSR count). The zero-order valence-corrected chi connectivity index (χ0v) is 13.9. The van der Waals surface area contributed by atoms with Gasteiger partial charge in [0, 0.05) is 30.2 Å². The number of fused-ring (bicyclic) bond motifs is 1. The third-order valence-corrected chi connectivity index (χ3v) is 5.22. The molecule has 0 atom stereocenters. The Morgan fingerprint density at radius 3 is 2.91 bits per heavy atom. The van der Waals surface area contributed by atoms with Crippen LogP contribution in [0.3, 0.4) is 0 Å². The molecule has 2 aromatic heterocycles. The van der Waals surface area contributed by atoms with E-state index in [4.69, 9.17) is 4.42 Å². The summed E-state index contributed by atoms with van der Waals surface area (Å²) in [4.78, 5) is 11.8. The Bertz CT molecular complexity index is 941. The topological polar surface area (TPSA) is 60.9 Å². The second kappa shape index (κ2) is 5.53. The van der Waals surface area contributed by atoms with Crippen LogP contribution in [-0.4, -0.2) is 14.8 Å². The number of aromatic nitrogens is 3. The average Bonchev–Trinajstić information content (AvgIpc) is 3.28. The van der Waals surface area contributed by atoms with E-state index >= 15 is 0 Å². The van der Waals surface area contributed by atoms with Crippen molar-refractivity contribution < 1.29 is 4.42 Å². The quantitative estimate of drug-likeness (QED) is 0.543. The number of aryl methyl sites for hydroxylation is 1. The van der Waals surface area contributed by atoms with E-state index in [2.05, 4.69) is 14.8 Å². The van der Waals surface area contributed by atoms with Crippen molar-refractivity contribution in [2.45, 2.75) is 36.6 Å². The van der Waals surface area contributed by atoms with Crippen LogP contribution in [0.4, 0.5) is 0 Å². The Hall–Kier alpha value is -2.08. The normalized spacial score (nSPS) is 14.5. The van der Waals surface area contributed by atoms with Gasteiger partial charge in [0.2, 0.25) is 0 Å². The van der Waals surface area contributed by atoms with Crippen molar-refractivity contribution >= 4 is 22.7 Å². The van der Waals surface area contributed by atoms with Gasteiger partial charge >= 0.3 is 5.63 Å². The van der Waals surface area contributed by atoms with Gasteiger partial charge in [0.15, 0.2) is 5.16 Å². The Kier molecular flexibility index (Phi) is 3.49. The van der Waals surface area contributed by atoms with Crippen LogP contribution in [0.5, 0.6) is 0 Å². The Balaban J connectivity index is 1.64. The van der Waals surface area contributed by atoms with E-state index < -0.39 is 0 Å². The highest BCUT2D eigenvalue weighted by atomic mass is 32.2. The lowest BCUT2D eigenvalue weighted by atomic mass is 10.1. The molecule has 23 heavy (non-hydrogen) atoms. The minimum atomic E-state index is -0.310. The van der Waals surface area contributed by atoms with Crippen molar-refractivity contribution in [3.05, 3.63) is 51.6 Å². The number of hydrogen-bond donors (Lipinski definition) is 0. The Labute approximate surface area is 137 Å². The van der Waals surface area contributed by atoms with Crippen molar-refractivity contribution in [2.75, 3.05) is 0 Å². The minimum absolute atomic E-state index is 0.310.